The Kier molecular flexibility index (Phi) is 8.68. The first-order valence-corrected chi connectivity index (χ1v) is 8.41. The second-order valence-electron chi connectivity index (χ2n) is 5.57. The summed E-state index contributed by atoms with van der Waals surface area (Å²) in [7, 11) is 0. The summed E-state index contributed by atoms with van der Waals surface area (Å²) >= 11 is 0. The third-order valence-electron chi connectivity index (χ3n) is 3.55. The van der Waals surface area contributed by atoms with Crippen LogP contribution in [0.1, 0.15) is 73.1 Å². The molecule has 1 aromatic rings. The van der Waals surface area contributed by atoms with Crippen molar-refractivity contribution < 1.29 is 29.3 Å². The minimum Gasteiger partial charge on any atom is -0.493 e. The number of unbranched alkanes of at least 4 members (excludes halogenated alkanes) is 4. The number of ether oxygens (including phenoxy) is 2. The molecule has 0 aliphatic rings. The van der Waals surface area contributed by atoms with Crippen molar-refractivity contribution >= 4 is 11.9 Å². The van der Waals surface area contributed by atoms with Crippen molar-refractivity contribution in [2.75, 3.05) is 13.2 Å². The topological polar surface area (TPSA) is 93.1 Å². The molecule has 0 aliphatic carbocycles. The highest BCUT2D eigenvalue weighted by Gasteiger charge is 2.20. The van der Waals surface area contributed by atoms with Crippen molar-refractivity contribution in [3.8, 4) is 11.5 Å². The van der Waals surface area contributed by atoms with Gasteiger partial charge in [0.25, 0.3) is 0 Å². The van der Waals surface area contributed by atoms with Gasteiger partial charge in [-0.1, -0.05) is 39.5 Å². The molecule has 6 heteroatoms. The van der Waals surface area contributed by atoms with Crippen LogP contribution in [0.5, 0.6) is 11.5 Å². The Morgan fingerprint density at radius 2 is 1.17 bits per heavy atom. The lowest BCUT2D eigenvalue weighted by Gasteiger charge is -2.14. The summed E-state index contributed by atoms with van der Waals surface area (Å²) in [5, 5.41) is 18.7. The van der Waals surface area contributed by atoms with E-state index in [0.717, 1.165) is 38.5 Å². The van der Waals surface area contributed by atoms with Crippen molar-refractivity contribution in [1.29, 1.82) is 0 Å². The summed E-state index contributed by atoms with van der Waals surface area (Å²) in [6, 6.07) is 2.49. The van der Waals surface area contributed by atoms with Crippen LogP contribution >= 0.6 is 0 Å². The summed E-state index contributed by atoms with van der Waals surface area (Å²) in [4.78, 5) is 22.9. The number of carboxylic acid groups (broad SMARTS) is 2. The molecule has 0 bridgehead atoms. The molecule has 134 valence electrons. The fraction of sp³-hybridized carbons (Fsp3) is 0.556. The van der Waals surface area contributed by atoms with E-state index in [1.807, 2.05) is 0 Å². The zero-order valence-electron chi connectivity index (χ0n) is 14.3. The summed E-state index contributed by atoms with van der Waals surface area (Å²) in [6.45, 7) is 4.81. The van der Waals surface area contributed by atoms with Gasteiger partial charge in [0.05, 0.1) is 13.2 Å². The molecule has 0 amide bonds. The average molecular weight is 338 g/mol. The monoisotopic (exact) mass is 338 g/mol. The molecule has 2 N–H and O–H groups in total. The number of hydrogen-bond donors (Lipinski definition) is 2. The van der Waals surface area contributed by atoms with E-state index in [9.17, 15) is 19.8 Å². The quantitative estimate of drug-likeness (QED) is 0.554. The Balaban J connectivity index is 3.00. The van der Waals surface area contributed by atoms with Crippen LogP contribution in [0, 0.1) is 0 Å². The SMILES string of the molecule is CCCCCOc1cc(C(=O)O)c(OCCCCC)cc1C(=O)O. The molecule has 0 saturated heterocycles. The highest BCUT2D eigenvalue weighted by molar-refractivity contribution is 5.97. The van der Waals surface area contributed by atoms with E-state index in [1.54, 1.807) is 0 Å². The van der Waals surface area contributed by atoms with Crippen LogP contribution in [-0.2, 0) is 0 Å². The second-order valence-corrected chi connectivity index (χ2v) is 5.57. The van der Waals surface area contributed by atoms with Crippen molar-refractivity contribution in [2.45, 2.75) is 52.4 Å². The van der Waals surface area contributed by atoms with Crippen molar-refractivity contribution in [1.82, 2.24) is 0 Å². The molecule has 0 aromatic heterocycles. The van der Waals surface area contributed by atoms with Gasteiger partial charge < -0.3 is 19.7 Å². The zero-order chi connectivity index (χ0) is 17.9. The minimum absolute atomic E-state index is 0.0666. The first-order chi connectivity index (χ1) is 11.5. The van der Waals surface area contributed by atoms with Gasteiger partial charge in [0.1, 0.15) is 22.6 Å². The third kappa shape index (κ3) is 6.10. The summed E-state index contributed by atoms with van der Waals surface area (Å²) in [6.07, 6.45) is 5.53. The van der Waals surface area contributed by atoms with Gasteiger partial charge in [-0.15, -0.1) is 0 Å². The smallest absolute Gasteiger partial charge is 0.339 e. The molecule has 24 heavy (non-hydrogen) atoms. The molecule has 1 rings (SSSR count). The number of hydrogen-bond acceptors (Lipinski definition) is 4. The molecule has 0 heterocycles. The molecule has 0 unspecified atom stereocenters. The first-order valence-electron chi connectivity index (χ1n) is 8.41. The molecule has 0 atom stereocenters. The Labute approximate surface area is 142 Å². The minimum atomic E-state index is -1.17. The lowest BCUT2D eigenvalue weighted by molar-refractivity contribution is 0.0672. The Bertz CT molecular complexity index is 503. The summed E-state index contributed by atoms with van der Waals surface area (Å²) in [5.74, 6) is -2.21. The second kappa shape index (κ2) is 10.5. The standard InChI is InChI=1S/C18H26O6/c1-3-5-7-9-23-15-11-14(18(21)22)16(12-13(15)17(19)20)24-10-8-6-4-2/h11-12H,3-10H2,1-2H3,(H,19,20)(H,21,22). The predicted molar refractivity (Wildman–Crippen MR) is 90.4 cm³/mol. The van der Waals surface area contributed by atoms with E-state index < -0.39 is 11.9 Å². The molecule has 1 aromatic carbocycles. The van der Waals surface area contributed by atoms with Crippen LogP contribution in [0.4, 0.5) is 0 Å². The molecule has 0 aliphatic heterocycles. The van der Waals surface area contributed by atoms with Crippen molar-refractivity contribution in [2.24, 2.45) is 0 Å². The summed E-state index contributed by atoms with van der Waals surface area (Å²) < 4.78 is 11.0. The molecule has 0 spiro atoms. The fourth-order valence-electron chi connectivity index (χ4n) is 2.20. The van der Waals surface area contributed by atoms with E-state index in [0.29, 0.717) is 13.2 Å². The van der Waals surface area contributed by atoms with Crippen LogP contribution in [-0.4, -0.2) is 35.4 Å². The number of carbonyl (C=O) groups is 2. The van der Waals surface area contributed by atoms with Crippen LogP contribution in [0.3, 0.4) is 0 Å². The largest absolute Gasteiger partial charge is 0.493 e. The predicted octanol–water partition coefficient (Wildman–Crippen LogP) is 4.22. The number of carboxylic acids is 2. The molecule has 0 radical (unpaired) electrons. The molecule has 0 saturated carbocycles. The van der Waals surface area contributed by atoms with Gasteiger partial charge in [-0.05, 0) is 25.0 Å². The lowest BCUT2D eigenvalue weighted by Crippen LogP contribution is -2.10. The Morgan fingerprint density at radius 3 is 1.46 bits per heavy atom. The van der Waals surface area contributed by atoms with Gasteiger partial charge in [0, 0.05) is 0 Å². The van der Waals surface area contributed by atoms with Gasteiger partial charge in [-0.2, -0.15) is 0 Å². The fourth-order valence-corrected chi connectivity index (χ4v) is 2.20. The van der Waals surface area contributed by atoms with Crippen LogP contribution < -0.4 is 9.47 Å². The molecular formula is C18H26O6. The Morgan fingerprint density at radius 1 is 0.792 bits per heavy atom. The lowest BCUT2D eigenvalue weighted by atomic mass is 10.1. The first kappa shape index (κ1) is 19.8. The number of aromatic carboxylic acids is 2. The van der Waals surface area contributed by atoms with Crippen LogP contribution in [0.15, 0.2) is 12.1 Å². The highest BCUT2D eigenvalue weighted by Crippen LogP contribution is 2.30. The normalized spacial score (nSPS) is 10.4. The van der Waals surface area contributed by atoms with Gasteiger partial charge >= 0.3 is 11.9 Å². The van der Waals surface area contributed by atoms with E-state index in [2.05, 4.69) is 13.8 Å². The maximum Gasteiger partial charge on any atom is 0.339 e. The van der Waals surface area contributed by atoms with Gasteiger partial charge in [-0.3, -0.25) is 0 Å². The van der Waals surface area contributed by atoms with E-state index in [4.69, 9.17) is 9.47 Å². The average Bonchev–Trinajstić information content (AvgIpc) is 2.55. The zero-order valence-corrected chi connectivity index (χ0v) is 14.3. The van der Waals surface area contributed by atoms with Crippen LogP contribution in [0.25, 0.3) is 0 Å². The molecule has 6 nitrogen and oxygen atoms in total. The van der Waals surface area contributed by atoms with E-state index in [1.165, 1.54) is 12.1 Å². The van der Waals surface area contributed by atoms with Gasteiger partial charge in [-0.25, -0.2) is 9.59 Å². The van der Waals surface area contributed by atoms with Gasteiger partial charge in [0.15, 0.2) is 0 Å². The maximum absolute atomic E-state index is 11.4. The highest BCUT2D eigenvalue weighted by atomic mass is 16.5. The number of benzene rings is 1. The van der Waals surface area contributed by atoms with Crippen molar-refractivity contribution in [3.05, 3.63) is 23.3 Å². The third-order valence-corrected chi connectivity index (χ3v) is 3.55. The summed E-state index contributed by atoms with van der Waals surface area (Å²) in [5.41, 5.74) is -0.163. The van der Waals surface area contributed by atoms with E-state index in [-0.39, 0.29) is 22.6 Å². The van der Waals surface area contributed by atoms with Crippen LogP contribution in [0.2, 0.25) is 0 Å². The van der Waals surface area contributed by atoms with Gasteiger partial charge in [0.2, 0.25) is 0 Å². The van der Waals surface area contributed by atoms with E-state index >= 15 is 0 Å². The molecular weight excluding hydrogens is 312 g/mol. The van der Waals surface area contributed by atoms with Crippen molar-refractivity contribution in [3.63, 3.8) is 0 Å². The maximum atomic E-state index is 11.4. The number of rotatable bonds is 12. The molecule has 0 fully saturated rings. The Hall–Kier alpha value is -2.24.